The molecule has 0 fully saturated rings. The Morgan fingerprint density at radius 3 is 2.64 bits per heavy atom. The summed E-state index contributed by atoms with van der Waals surface area (Å²) in [6, 6.07) is 3.81. The molecular formula is C7H10BrClN2. The highest BCUT2D eigenvalue weighted by molar-refractivity contribution is 9.10. The van der Waals surface area contributed by atoms with Crippen LogP contribution in [0.4, 0.5) is 0 Å². The van der Waals surface area contributed by atoms with Crippen molar-refractivity contribution in [3.63, 3.8) is 0 Å². The minimum Gasteiger partial charge on any atom is -0.323 e. The summed E-state index contributed by atoms with van der Waals surface area (Å²) in [5.41, 5.74) is 6.51. The predicted octanol–water partition coefficient (Wildman–Crippen LogP) is 2.29. The fourth-order valence-electron chi connectivity index (χ4n) is 0.670. The van der Waals surface area contributed by atoms with Gasteiger partial charge < -0.3 is 5.73 Å². The lowest BCUT2D eigenvalue weighted by Gasteiger charge is -2.02. The third-order valence-corrected chi connectivity index (χ3v) is 1.70. The summed E-state index contributed by atoms with van der Waals surface area (Å²) >= 11 is 3.33. The summed E-state index contributed by atoms with van der Waals surface area (Å²) in [5.74, 6) is 0. The minimum atomic E-state index is 0. The Morgan fingerprint density at radius 1 is 1.64 bits per heavy atom. The van der Waals surface area contributed by atoms with E-state index in [-0.39, 0.29) is 18.4 Å². The molecule has 0 saturated carbocycles. The molecule has 1 atom stereocenters. The Balaban J connectivity index is 0.000001000. The lowest BCUT2D eigenvalue weighted by Crippen LogP contribution is -2.06. The Labute approximate surface area is 80.7 Å². The Kier molecular flexibility index (Phi) is 4.65. The van der Waals surface area contributed by atoms with Crippen LogP contribution in [0.1, 0.15) is 18.7 Å². The van der Waals surface area contributed by atoms with Gasteiger partial charge in [0.2, 0.25) is 0 Å². The van der Waals surface area contributed by atoms with E-state index in [1.54, 1.807) is 6.20 Å². The van der Waals surface area contributed by atoms with Crippen molar-refractivity contribution in [1.82, 2.24) is 4.98 Å². The van der Waals surface area contributed by atoms with E-state index in [2.05, 4.69) is 20.9 Å². The maximum atomic E-state index is 5.60. The molecule has 1 rings (SSSR count). The molecular weight excluding hydrogens is 227 g/mol. The quantitative estimate of drug-likeness (QED) is 0.814. The topological polar surface area (TPSA) is 38.9 Å². The SMILES string of the molecule is CC(N)c1cc(Br)ccn1.Cl. The van der Waals surface area contributed by atoms with Gasteiger partial charge in [-0.1, -0.05) is 15.9 Å². The van der Waals surface area contributed by atoms with Crippen LogP contribution in [0.3, 0.4) is 0 Å². The largest absolute Gasteiger partial charge is 0.323 e. The van der Waals surface area contributed by atoms with E-state index < -0.39 is 0 Å². The van der Waals surface area contributed by atoms with Crippen LogP contribution in [0.15, 0.2) is 22.8 Å². The molecule has 0 amide bonds. The standard InChI is InChI=1S/C7H9BrN2.ClH/c1-5(9)7-4-6(8)2-3-10-7;/h2-5H,9H2,1H3;1H. The van der Waals surface area contributed by atoms with Crippen LogP contribution < -0.4 is 5.73 Å². The number of hydrogen-bond acceptors (Lipinski definition) is 2. The van der Waals surface area contributed by atoms with Crippen LogP contribution in [-0.4, -0.2) is 4.98 Å². The molecule has 0 radical (unpaired) electrons. The van der Waals surface area contributed by atoms with E-state index in [0.717, 1.165) is 10.2 Å². The normalized spacial score (nSPS) is 11.9. The zero-order valence-electron chi connectivity index (χ0n) is 6.12. The number of aromatic nitrogens is 1. The summed E-state index contributed by atoms with van der Waals surface area (Å²) in [6.45, 7) is 1.91. The molecule has 0 aliphatic carbocycles. The maximum Gasteiger partial charge on any atom is 0.0579 e. The third-order valence-electron chi connectivity index (χ3n) is 1.21. The first kappa shape index (κ1) is 10.9. The van der Waals surface area contributed by atoms with Crippen molar-refractivity contribution in [2.24, 2.45) is 5.73 Å². The highest BCUT2D eigenvalue weighted by Crippen LogP contribution is 2.12. The average molecular weight is 238 g/mol. The van der Waals surface area contributed by atoms with Gasteiger partial charge in [-0.3, -0.25) is 4.98 Å². The maximum absolute atomic E-state index is 5.60. The van der Waals surface area contributed by atoms with Crippen molar-refractivity contribution in [3.05, 3.63) is 28.5 Å². The summed E-state index contributed by atoms with van der Waals surface area (Å²) in [6.07, 6.45) is 1.74. The van der Waals surface area contributed by atoms with Gasteiger partial charge >= 0.3 is 0 Å². The summed E-state index contributed by atoms with van der Waals surface area (Å²) < 4.78 is 1.02. The van der Waals surface area contributed by atoms with E-state index in [1.165, 1.54) is 0 Å². The van der Waals surface area contributed by atoms with Crippen LogP contribution in [0.25, 0.3) is 0 Å². The van der Waals surface area contributed by atoms with Gasteiger partial charge in [-0.2, -0.15) is 0 Å². The molecule has 11 heavy (non-hydrogen) atoms. The molecule has 0 spiro atoms. The van der Waals surface area contributed by atoms with Crippen LogP contribution >= 0.6 is 28.3 Å². The third kappa shape index (κ3) is 3.18. The van der Waals surface area contributed by atoms with Crippen molar-refractivity contribution >= 4 is 28.3 Å². The first-order chi connectivity index (χ1) is 4.70. The van der Waals surface area contributed by atoms with Gasteiger partial charge in [0.15, 0.2) is 0 Å². The first-order valence-electron chi connectivity index (χ1n) is 3.07. The first-order valence-corrected chi connectivity index (χ1v) is 3.86. The lowest BCUT2D eigenvalue weighted by atomic mass is 10.2. The van der Waals surface area contributed by atoms with Gasteiger partial charge in [0.1, 0.15) is 0 Å². The molecule has 1 aromatic heterocycles. The summed E-state index contributed by atoms with van der Waals surface area (Å²) in [7, 11) is 0. The fraction of sp³-hybridized carbons (Fsp3) is 0.286. The molecule has 0 aromatic carbocycles. The van der Waals surface area contributed by atoms with Gasteiger partial charge in [-0.15, -0.1) is 12.4 Å². The second-order valence-electron chi connectivity index (χ2n) is 2.19. The predicted molar refractivity (Wildman–Crippen MR) is 51.8 cm³/mol. The van der Waals surface area contributed by atoms with Gasteiger partial charge in [0, 0.05) is 16.7 Å². The molecule has 2 N–H and O–H groups in total. The second kappa shape index (κ2) is 4.70. The van der Waals surface area contributed by atoms with E-state index >= 15 is 0 Å². The number of halogens is 2. The van der Waals surface area contributed by atoms with Crippen LogP contribution in [-0.2, 0) is 0 Å². The van der Waals surface area contributed by atoms with Gasteiger partial charge in [-0.25, -0.2) is 0 Å². The average Bonchev–Trinajstić information content (AvgIpc) is 1.88. The molecule has 1 aromatic rings. The second-order valence-corrected chi connectivity index (χ2v) is 3.10. The lowest BCUT2D eigenvalue weighted by molar-refractivity contribution is 0.780. The van der Waals surface area contributed by atoms with E-state index in [0.29, 0.717) is 0 Å². The van der Waals surface area contributed by atoms with Crippen LogP contribution in [0, 0.1) is 0 Å². The van der Waals surface area contributed by atoms with Crippen molar-refractivity contribution in [2.75, 3.05) is 0 Å². The molecule has 0 aliphatic heterocycles. The van der Waals surface area contributed by atoms with Gasteiger partial charge in [0.25, 0.3) is 0 Å². The number of nitrogens with two attached hydrogens (primary N) is 1. The van der Waals surface area contributed by atoms with Gasteiger partial charge in [0.05, 0.1) is 5.69 Å². The minimum absolute atomic E-state index is 0. The molecule has 1 unspecified atom stereocenters. The zero-order chi connectivity index (χ0) is 7.56. The summed E-state index contributed by atoms with van der Waals surface area (Å²) in [5, 5.41) is 0. The van der Waals surface area contributed by atoms with Crippen molar-refractivity contribution in [1.29, 1.82) is 0 Å². The Hall–Kier alpha value is -0.120. The smallest absolute Gasteiger partial charge is 0.0579 e. The van der Waals surface area contributed by atoms with Gasteiger partial charge in [-0.05, 0) is 19.1 Å². The van der Waals surface area contributed by atoms with Crippen LogP contribution in [0.2, 0.25) is 0 Å². The molecule has 4 heteroatoms. The molecule has 0 saturated heterocycles. The molecule has 0 bridgehead atoms. The van der Waals surface area contributed by atoms with Crippen molar-refractivity contribution in [3.8, 4) is 0 Å². The number of rotatable bonds is 1. The van der Waals surface area contributed by atoms with E-state index in [1.807, 2.05) is 19.1 Å². The van der Waals surface area contributed by atoms with Crippen molar-refractivity contribution < 1.29 is 0 Å². The van der Waals surface area contributed by atoms with Crippen LogP contribution in [0.5, 0.6) is 0 Å². The zero-order valence-corrected chi connectivity index (χ0v) is 8.52. The highest BCUT2D eigenvalue weighted by Gasteiger charge is 1.98. The molecule has 0 aliphatic rings. The number of pyridine rings is 1. The Bertz CT molecular complexity index is 227. The molecule has 62 valence electrons. The molecule has 2 nitrogen and oxygen atoms in total. The molecule has 1 heterocycles. The number of hydrogen-bond donors (Lipinski definition) is 1. The Morgan fingerprint density at radius 2 is 2.27 bits per heavy atom. The fourth-order valence-corrected chi connectivity index (χ4v) is 1.02. The highest BCUT2D eigenvalue weighted by atomic mass is 79.9. The number of nitrogens with zero attached hydrogens (tertiary/aromatic N) is 1. The van der Waals surface area contributed by atoms with E-state index in [4.69, 9.17) is 5.73 Å². The summed E-state index contributed by atoms with van der Waals surface area (Å²) in [4.78, 5) is 4.08. The van der Waals surface area contributed by atoms with Crippen molar-refractivity contribution in [2.45, 2.75) is 13.0 Å². The van der Waals surface area contributed by atoms with E-state index in [9.17, 15) is 0 Å². The monoisotopic (exact) mass is 236 g/mol.